The van der Waals surface area contributed by atoms with Crippen LogP contribution in [0, 0.1) is 0 Å². The van der Waals surface area contributed by atoms with E-state index in [2.05, 4.69) is 4.90 Å². The van der Waals surface area contributed by atoms with Crippen molar-refractivity contribution in [1.82, 2.24) is 0 Å². The Morgan fingerprint density at radius 1 is 1.31 bits per heavy atom. The van der Waals surface area contributed by atoms with Crippen LogP contribution in [0.4, 0.5) is 24.5 Å². The van der Waals surface area contributed by atoms with Crippen molar-refractivity contribution in [3.05, 3.63) is 23.8 Å². The highest BCUT2D eigenvalue weighted by atomic mass is 19.4. The highest BCUT2D eigenvalue weighted by molar-refractivity contribution is 6.00. The molecule has 1 fully saturated rings. The molecule has 1 atom stereocenters. The molecule has 0 unspecified atom stereocenters. The van der Waals surface area contributed by atoms with Gasteiger partial charge < -0.3 is 15.0 Å². The van der Waals surface area contributed by atoms with Crippen LogP contribution < -0.4 is 10.2 Å². The molecule has 8 heteroatoms. The van der Waals surface area contributed by atoms with E-state index in [0.717, 1.165) is 25.8 Å². The van der Waals surface area contributed by atoms with Gasteiger partial charge in [0.25, 0.3) is 0 Å². The van der Waals surface area contributed by atoms with Gasteiger partial charge in [0.1, 0.15) is 0 Å². The molecule has 1 amide bonds. The summed E-state index contributed by atoms with van der Waals surface area (Å²) in [6, 6.07) is 4.39. The van der Waals surface area contributed by atoms with E-state index in [1.807, 2.05) is 13.8 Å². The van der Waals surface area contributed by atoms with Gasteiger partial charge in [-0.3, -0.25) is 4.79 Å². The van der Waals surface area contributed by atoms with Gasteiger partial charge >= 0.3 is 18.1 Å². The molecule has 1 aromatic carbocycles. The Balaban J connectivity index is 2.34. The number of amides is 1. The molecule has 0 radical (unpaired) electrons. The second kappa shape index (κ2) is 8.42. The Morgan fingerprint density at radius 3 is 2.65 bits per heavy atom. The number of esters is 1. The lowest BCUT2D eigenvalue weighted by atomic mass is 10.0. The lowest BCUT2D eigenvalue weighted by molar-refractivity contribution is -0.167. The maximum absolute atomic E-state index is 12.5. The summed E-state index contributed by atoms with van der Waals surface area (Å²) in [5, 5.41) is 1.78. The Labute approximate surface area is 150 Å². The molecule has 1 aliphatic heterocycles. The summed E-state index contributed by atoms with van der Waals surface area (Å²) in [5.74, 6) is -2.69. The monoisotopic (exact) mass is 372 g/mol. The van der Waals surface area contributed by atoms with Crippen LogP contribution in [-0.2, 0) is 9.53 Å². The second-order valence-corrected chi connectivity index (χ2v) is 6.36. The summed E-state index contributed by atoms with van der Waals surface area (Å²) in [4.78, 5) is 25.6. The predicted molar refractivity (Wildman–Crippen MR) is 92.4 cm³/mol. The molecule has 1 aliphatic rings. The Morgan fingerprint density at radius 2 is 2.04 bits per heavy atom. The molecule has 0 spiro atoms. The van der Waals surface area contributed by atoms with E-state index >= 15 is 0 Å². The number of anilines is 2. The van der Waals surface area contributed by atoms with Gasteiger partial charge in [-0.15, -0.1) is 0 Å². The average Bonchev–Trinajstić information content (AvgIpc) is 2.59. The number of nitrogens with one attached hydrogen (secondary N) is 1. The van der Waals surface area contributed by atoms with Crippen LogP contribution in [0.25, 0.3) is 0 Å². The highest BCUT2D eigenvalue weighted by Gasteiger charge is 2.38. The van der Waals surface area contributed by atoms with Crippen molar-refractivity contribution >= 4 is 23.3 Å². The fourth-order valence-electron chi connectivity index (χ4n) is 2.96. The number of ether oxygens (including phenoxy) is 1. The molecular formula is C18H23F3N2O3. The first-order valence-electron chi connectivity index (χ1n) is 8.70. The Kier molecular flexibility index (Phi) is 6.50. The van der Waals surface area contributed by atoms with Crippen LogP contribution in [-0.4, -0.2) is 37.2 Å². The SMILES string of the molecule is CCCOC(=O)c1cc(NC(=O)C(F)(F)F)ccc1N1CCCC[C@H]1C. The third-order valence-corrected chi connectivity index (χ3v) is 4.28. The number of piperidine rings is 1. The molecule has 1 N–H and O–H groups in total. The zero-order valence-corrected chi connectivity index (χ0v) is 14.9. The normalized spacial score (nSPS) is 17.7. The van der Waals surface area contributed by atoms with E-state index in [0.29, 0.717) is 12.1 Å². The summed E-state index contributed by atoms with van der Waals surface area (Å²) in [6.45, 7) is 4.86. The minimum Gasteiger partial charge on any atom is -0.462 e. The molecule has 0 saturated carbocycles. The van der Waals surface area contributed by atoms with Crippen molar-refractivity contribution in [3.63, 3.8) is 0 Å². The van der Waals surface area contributed by atoms with E-state index < -0.39 is 18.1 Å². The van der Waals surface area contributed by atoms with E-state index in [1.54, 1.807) is 11.4 Å². The maximum atomic E-state index is 12.5. The molecule has 2 rings (SSSR count). The van der Waals surface area contributed by atoms with Crippen molar-refractivity contribution in [1.29, 1.82) is 0 Å². The molecule has 0 aromatic heterocycles. The smallest absolute Gasteiger partial charge is 0.462 e. The van der Waals surface area contributed by atoms with Gasteiger partial charge in [-0.25, -0.2) is 4.79 Å². The van der Waals surface area contributed by atoms with Crippen LogP contribution >= 0.6 is 0 Å². The summed E-state index contributed by atoms with van der Waals surface area (Å²) in [5.41, 5.74) is 0.680. The van der Waals surface area contributed by atoms with Gasteiger partial charge in [0, 0.05) is 18.3 Å². The topological polar surface area (TPSA) is 58.6 Å². The summed E-state index contributed by atoms with van der Waals surface area (Å²) < 4.78 is 42.6. The fraction of sp³-hybridized carbons (Fsp3) is 0.556. The van der Waals surface area contributed by atoms with Crippen LogP contribution in [0.1, 0.15) is 49.9 Å². The molecule has 0 bridgehead atoms. The van der Waals surface area contributed by atoms with E-state index in [-0.39, 0.29) is 23.9 Å². The molecular weight excluding hydrogens is 349 g/mol. The minimum atomic E-state index is -5.00. The van der Waals surface area contributed by atoms with E-state index in [9.17, 15) is 22.8 Å². The van der Waals surface area contributed by atoms with Gasteiger partial charge in [0.2, 0.25) is 0 Å². The first kappa shape index (κ1) is 20.1. The first-order valence-corrected chi connectivity index (χ1v) is 8.70. The molecule has 26 heavy (non-hydrogen) atoms. The molecule has 0 aliphatic carbocycles. The van der Waals surface area contributed by atoms with Crippen molar-refractivity contribution in [3.8, 4) is 0 Å². The van der Waals surface area contributed by atoms with Crippen LogP contribution in [0.2, 0.25) is 0 Å². The largest absolute Gasteiger partial charge is 0.471 e. The molecule has 144 valence electrons. The lowest BCUT2D eigenvalue weighted by Gasteiger charge is -2.36. The number of carbonyl (C=O) groups is 2. The Hall–Kier alpha value is -2.25. The zero-order chi connectivity index (χ0) is 19.3. The van der Waals surface area contributed by atoms with Crippen molar-refractivity contribution < 1.29 is 27.5 Å². The van der Waals surface area contributed by atoms with Crippen LogP contribution in [0.15, 0.2) is 18.2 Å². The lowest BCUT2D eigenvalue weighted by Crippen LogP contribution is -2.38. The second-order valence-electron chi connectivity index (χ2n) is 6.36. The number of halogens is 3. The number of carbonyl (C=O) groups excluding carboxylic acids is 2. The zero-order valence-electron chi connectivity index (χ0n) is 14.9. The number of hydrogen-bond donors (Lipinski definition) is 1. The van der Waals surface area contributed by atoms with Gasteiger partial charge in [-0.2, -0.15) is 13.2 Å². The number of benzene rings is 1. The number of nitrogens with zero attached hydrogens (tertiary/aromatic N) is 1. The fourth-order valence-corrected chi connectivity index (χ4v) is 2.96. The molecule has 1 aromatic rings. The Bertz CT molecular complexity index is 662. The van der Waals surface area contributed by atoms with E-state index in [4.69, 9.17) is 4.74 Å². The number of rotatable bonds is 5. The maximum Gasteiger partial charge on any atom is 0.471 e. The van der Waals surface area contributed by atoms with Gasteiger partial charge in [0.05, 0.1) is 17.9 Å². The standard InChI is InChI=1S/C18H23F3N2O3/c1-3-10-26-16(24)14-11-13(22-17(25)18(19,20)21)7-8-15(14)23-9-5-4-6-12(23)2/h7-8,11-12H,3-6,9-10H2,1-2H3,(H,22,25)/t12-/m1/s1. The quantitative estimate of drug-likeness (QED) is 0.790. The third-order valence-electron chi connectivity index (χ3n) is 4.28. The van der Waals surface area contributed by atoms with Gasteiger partial charge in [-0.1, -0.05) is 6.92 Å². The summed E-state index contributed by atoms with van der Waals surface area (Å²) >= 11 is 0. The van der Waals surface area contributed by atoms with Crippen molar-refractivity contribution in [2.45, 2.75) is 51.7 Å². The van der Waals surface area contributed by atoms with E-state index in [1.165, 1.54) is 12.1 Å². The molecule has 1 saturated heterocycles. The predicted octanol–water partition coefficient (Wildman–Crippen LogP) is 4.13. The minimum absolute atomic E-state index is 0.0933. The van der Waals surface area contributed by atoms with Crippen LogP contribution in [0.5, 0.6) is 0 Å². The number of alkyl halides is 3. The van der Waals surface area contributed by atoms with Gasteiger partial charge in [0.15, 0.2) is 0 Å². The third kappa shape index (κ3) is 4.89. The number of hydrogen-bond acceptors (Lipinski definition) is 4. The molecule has 1 heterocycles. The average molecular weight is 372 g/mol. The van der Waals surface area contributed by atoms with Crippen molar-refractivity contribution in [2.75, 3.05) is 23.4 Å². The highest BCUT2D eigenvalue weighted by Crippen LogP contribution is 2.31. The molecule has 5 nitrogen and oxygen atoms in total. The summed E-state index contributed by atoms with van der Waals surface area (Å²) in [7, 11) is 0. The first-order chi connectivity index (χ1) is 12.2. The van der Waals surface area contributed by atoms with Gasteiger partial charge in [-0.05, 0) is 50.8 Å². The van der Waals surface area contributed by atoms with Crippen LogP contribution in [0.3, 0.4) is 0 Å². The summed E-state index contributed by atoms with van der Waals surface area (Å²) in [6.07, 6.45) is -1.34. The van der Waals surface area contributed by atoms with Crippen molar-refractivity contribution in [2.24, 2.45) is 0 Å².